The smallest absolute Gasteiger partial charge is 0.256 e. The molecule has 31 heavy (non-hydrogen) atoms. The minimum Gasteiger partial charge on any atom is -0.357 e. The van der Waals surface area contributed by atoms with Crippen LogP contribution < -0.4 is 10.6 Å². The van der Waals surface area contributed by atoms with Crippen LogP contribution in [0.1, 0.15) is 43.8 Å². The van der Waals surface area contributed by atoms with E-state index in [2.05, 4.69) is 34.4 Å². The van der Waals surface area contributed by atoms with E-state index in [-0.39, 0.29) is 11.9 Å². The molecule has 6 heteroatoms. The van der Waals surface area contributed by atoms with E-state index in [1.54, 1.807) is 17.5 Å². The first-order valence-corrected chi connectivity index (χ1v) is 10.9. The second kappa shape index (κ2) is 9.10. The van der Waals surface area contributed by atoms with Gasteiger partial charge < -0.3 is 10.6 Å². The van der Waals surface area contributed by atoms with Gasteiger partial charge >= 0.3 is 0 Å². The van der Waals surface area contributed by atoms with Gasteiger partial charge in [-0.2, -0.15) is 0 Å². The Balaban J connectivity index is 1.76. The first-order valence-electron chi connectivity index (χ1n) is 10.1. The summed E-state index contributed by atoms with van der Waals surface area (Å²) in [5.74, 6) is 0.635. The van der Waals surface area contributed by atoms with Gasteiger partial charge in [0, 0.05) is 27.9 Å². The lowest BCUT2D eigenvalue weighted by atomic mass is 10.00. The molecule has 4 rings (SSSR count). The van der Waals surface area contributed by atoms with Crippen molar-refractivity contribution >= 4 is 28.1 Å². The molecule has 0 unspecified atom stereocenters. The summed E-state index contributed by atoms with van der Waals surface area (Å²) in [6, 6.07) is 20.7. The minimum atomic E-state index is -0.258. The van der Waals surface area contributed by atoms with Crippen molar-refractivity contribution in [2.24, 2.45) is 0 Å². The Morgan fingerprint density at radius 3 is 2.42 bits per heavy atom. The first-order chi connectivity index (χ1) is 15.0. The van der Waals surface area contributed by atoms with Gasteiger partial charge in [0.25, 0.3) is 5.91 Å². The van der Waals surface area contributed by atoms with Gasteiger partial charge in [0.15, 0.2) is 0 Å². The molecular weight excluding hydrogens is 404 g/mol. The van der Waals surface area contributed by atoms with Gasteiger partial charge in [0.2, 0.25) is 0 Å². The highest BCUT2D eigenvalue weighted by molar-refractivity contribution is 7.16. The van der Waals surface area contributed by atoms with Crippen LogP contribution in [0.4, 0.5) is 10.8 Å². The third-order valence-electron chi connectivity index (χ3n) is 5.15. The van der Waals surface area contributed by atoms with Crippen LogP contribution in [0, 0.1) is 20.8 Å². The van der Waals surface area contributed by atoms with E-state index in [4.69, 9.17) is 0 Å². The van der Waals surface area contributed by atoms with Crippen LogP contribution in [0.25, 0.3) is 0 Å². The number of aromatic nitrogens is 2. The molecule has 0 aliphatic carbocycles. The zero-order valence-corrected chi connectivity index (χ0v) is 18.5. The summed E-state index contributed by atoms with van der Waals surface area (Å²) in [7, 11) is 0. The maximum Gasteiger partial charge on any atom is 0.256 e. The number of nitrogens with one attached hydrogen (secondary N) is 2. The summed E-state index contributed by atoms with van der Waals surface area (Å²) in [5, 5.41) is 7.49. The van der Waals surface area contributed by atoms with Crippen LogP contribution in [0.5, 0.6) is 0 Å². The first kappa shape index (κ1) is 20.8. The van der Waals surface area contributed by atoms with Crippen LogP contribution in [-0.4, -0.2) is 15.9 Å². The summed E-state index contributed by atoms with van der Waals surface area (Å²) >= 11 is 1.58. The lowest BCUT2D eigenvalue weighted by Crippen LogP contribution is -2.18. The lowest BCUT2D eigenvalue weighted by molar-refractivity contribution is 0.102. The van der Waals surface area contributed by atoms with Crippen LogP contribution in [0.3, 0.4) is 0 Å². The molecule has 0 bridgehead atoms. The number of anilines is 2. The predicted molar refractivity (Wildman–Crippen MR) is 127 cm³/mol. The van der Waals surface area contributed by atoms with Gasteiger partial charge in [-0.3, -0.25) is 9.78 Å². The Morgan fingerprint density at radius 1 is 0.935 bits per heavy atom. The molecule has 0 spiro atoms. The number of thiophene rings is 1. The highest BCUT2D eigenvalue weighted by Crippen LogP contribution is 2.40. The Bertz CT molecular complexity index is 1190. The summed E-state index contributed by atoms with van der Waals surface area (Å²) in [4.78, 5) is 23.3. The monoisotopic (exact) mass is 428 g/mol. The maximum atomic E-state index is 12.9. The Hall–Kier alpha value is -3.51. The third kappa shape index (κ3) is 4.64. The standard InChI is InChI=1S/C25H24N4OS/c1-16-10-9-14-21(27-16)28-23(20-13-7-8-15-26-20)22-17(2)18(3)31-25(22)29-24(30)19-11-5-4-6-12-19/h4-15,23H,1-3H3,(H,27,28)(H,29,30)/t23-/m1/s1. The number of pyridine rings is 2. The number of hydrogen-bond acceptors (Lipinski definition) is 5. The molecule has 0 saturated carbocycles. The van der Waals surface area contributed by atoms with Crippen LogP contribution >= 0.6 is 11.3 Å². The molecule has 0 aliphatic rings. The van der Waals surface area contributed by atoms with Gasteiger partial charge in [-0.15, -0.1) is 11.3 Å². The topological polar surface area (TPSA) is 66.9 Å². The maximum absolute atomic E-state index is 12.9. The SMILES string of the molecule is Cc1cccc(N[C@H](c2ccccn2)c2c(NC(=O)c3ccccc3)sc(C)c2C)n1. The Kier molecular flexibility index (Phi) is 6.09. The highest BCUT2D eigenvalue weighted by atomic mass is 32.1. The third-order valence-corrected chi connectivity index (χ3v) is 6.29. The average molecular weight is 429 g/mol. The van der Waals surface area contributed by atoms with Crippen LogP contribution in [-0.2, 0) is 0 Å². The second-order valence-electron chi connectivity index (χ2n) is 7.34. The van der Waals surface area contributed by atoms with E-state index < -0.39 is 0 Å². The molecule has 1 atom stereocenters. The van der Waals surface area contributed by atoms with Crippen molar-refractivity contribution in [2.45, 2.75) is 26.8 Å². The van der Waals surface area contributed by atoms with Crippen LogP contribution in [0.15, 0.2) is 72.9 Å². The number of rotatable bonds is 6. The number of carbonyl (C=O) groups is 1. The van der Waals surface area contributed by atoms with Gasteiger partial charge in [-0.05, 0) is 62.7 Å². The number of hydrogen-bond donors (Lipinski definition) is 2. The molecular formula is C25H24N4OS. The van der Waals surface area contributed by atoms with E-state index in [0.29, 0.717) is 5.56 Å². The molecule has 3 heterocycles. The van der Waals surface area contributed by atoms with Crippen molar-refractivity contribution in [3.63, 3.8) is 0 Å². The van der Waals surface area contributed by atoms with Crippen molar-refractivity contribution in [1.29, 1.82) is 0 Å². The summed E-state index contributed by atoms with van der Waals surface area (Å²) in [6.45, 7) is 6.12. The van der Waals surface area contributed by atoms with Gasteiger partial charge in [-0.25, -0.2) is 4.98 Å². The average Bonchev–Trinajstić information content (AvgIpc) is 3.06. The fourth-order valence-corrected chi connectivity index (χ4v) is 4.56. The van der Waals surface area contributed by atoms with E-state index in [9.17, 15) is 4.79 Å². The van der Waals surface area contributed by atoms with Crippen LogP contribution in [0.2, 0.25) is 0 Å². The number of amides is 1. The Labute approximate surface area is 186 Å². The summed E-state index contributed by atoms with van der Waals surface area (Å²) < 4.78 is 0. The fraction of sp³-hybridized carbons (Fsp3) is 0.160. The van der Waals surface area contributed by atoms with E-state index in [0.717, 1.165) is 38.2 Å². The number of aryl methyl sites for hydroxylation is 2. The molecule has 2 N–H and O–H groups in total. The zero-order chi connectivity index (χ0) is 21.8. The predicted octanol–water partition coefficient (Wildman–Crippen LogP) is 5.92. The van der Waals surface area contributed by atoms with Crippen molar-refractivity contribution in [2.75, 3.05) is 10.6 Å². The largest absolute Gasteiger partial charge is 0.357 e. The van der Waals surface area contributed by atoms with Gasteiger partial charge in [-0.1, -0.05) is 30.3 Å². The van der Waals surface area contributed by atoms with Crippen molar-refractivity contribution in [1.82, 2.24) is 9.97 Å². The summed E-state index contributed by atoms with van der Waals surface area (Å²) in [6.07, 6.45) is 1.78. The Morgan fingerprint density at radius 2 is 1.71 bits per heavy atom. The number of nitrogens with zero attached hydrogens (tertiary/aromatic N) is 2. The normalized spacial score (nSPS) is 11.7. The van der Waals surface area contributed by atoms with Gasteiger partial charge in [0.1, 0.15) is 10.8 Å². The molecule has 1 amide bonds. The van der Waals surface area contributed by atoms with E-state index >= 15 is 0 Å². The molecule has 3 aromatic heterocycles. The molecule has 5 nitrogen and oxygen atoms in total. The molecule has 0 saturated heterocycles. The molecule has 1 aromatic carbocycles. The van der Waals surface area contributed by atoms with Gasteiger partial charge in [0.05, 0.1) is 11.7 Å². The highest BCUT2D eigenvalue weighted by Gasteiger charge is 2.26. The molecule has 0 fully saturated rings. The fourth-order valence-electron chi connectivity index (χ4n) is 3.46. The molecule has 0 aliphatic heterocycles. The zero-order valence-electron chi connectivity index (χ0n) is 17.7. The number of carbonyl (C=O) groups excluding carboxylic acids is 1. The number of benzene rings is 1. The molecule has 4 aromatic rings. The minimum absolute atomic E-state index is 0.128. The van der Waals surface area contributed by atoms with E-state index in [1.807, 2.05) is 73.7 Å². The van der Waals surface area contributed by atoms with Crippen molar-refractivity contribution in [3.05, 3.63) is 106 Å². The lowest BCUT2D eigenvalue weighted by Gasteiger charge is -2.21. The summed E-state index contributed by atoms with van der Waals surface area (Å²) in [5.41, 5.74) is 4.56. The molecule has 0 radical (unpaired) electrons. The second-order valence-corrected chi connectivity index (χ2v) is 8.57. The van der Waals surface area contributed by atoms with E-state index in [1.165, 1.54) is 0 Å². The van der Waals surface area contributed by atoms with Crippen molar-refractivity contribution < 1.29 is 4.79 Å². The quantitative estimate of drug-likeness (QED) is 0.400. The molecule has 156 valence electrons. The van der Waals surface area contributed by atoms with Crippen molar-refractivity contribution in [3.8, 4) is 0 Å².